The van der Waals surface area contributed by atoms with E-state index in [0.29, 0.717) is 23.6 Å². The first kappa shape index (κ1) is 17.7. The molecule has 0 spiro atoms. The highest BCUT2D eigenvalue weighted by atomic mass is 16.5. The van der Waals surface area contributed by atoms with Gasteiger partial charge >= 0.3 is 0 Å². The molecule has 24 heavy (non-hydrogen) atoms. The van der Waals surface area contributed by atoms with Crippen LogP contribution in [0.5, 0.6) is 17.2 Å². The van der Waals surface area contributed by atoms with Crippen LogP contribution in [0, 0.1) is 0 Å². The lowest BCUT2D eigenvalue weighted by Gasteiger charge is -2.15. The van der Waals surface area contributed by atoms with Crippen LogP contribution in [-0.2, 0) is 4.79 Å². The van der Waals surface area contributed by atoms with Crippen molar-refractivity contribution in [3.63, 3.8) is 0 Å². The Kier molecular flexibility index (Phi) is 6.07. The molecule has 5 nitrogen and oxygen atoms in total. The summed E-state index contributed by atoms with van der Waals surface area (Å²) in [6.07, 6.45) is 0.355. The molecule has 0 heterocycles. The fraction of sp³-hybridized carbons (Fsp3) is 0.316. The van der Waals surface area contributed by atoms with Gasteiger partial charge in [0.1, 0.15) is 17.2 Å². The minimum atomic E-state index is -0.0862. The van der Waals surface area contributed by atoms with Gasteiger partial charge in [-0.3, -0.25) is 4.79 Å². The van der Waals surface area contributed by atoms with Gasteiger partial charge in [0.15, 0.2) is 0 Å². The number of benzene rings is 2. The number of carbonyl (C=O) groups is 1. The van der Waals surface area contributed by atoms with Crippen LogP contribution in [-0.4, -0.2) is 27.2 Å². The molecular formula is C19H23NO4. The van der Waals surface area contributed by atoms with Crippen LogP contribution >= 0.6 is 0 Å². The van der Waals surface area contributed by atoms with E-state index in [1.165, 1.54) is 0 Å². The molecule has 0 saturated heterocycles. The third-order valence-corrected chi connectivity index (χ3v) is 3.84. The predicted molar refractivity (Wildman–Crippen MR) is 94.2 cm³/mol. The number of amides is 1. The van der Waals surface area contributed by atoms with E-state index in [-0.39, 0.29) is 11.8 Å². The number of methoxy groups -OCH3 is 3. The van der Waals surface area contributed by atoms with Crippen molar-refractivity contribution in [1.82, 2.24) is 0 Å². The topological polar surface area (TPSA) is 56.8 Å². The summed E-state index contributed by atoms with van der Waals surface area (Å²) in [5.74, 6) is 2.02. The summed E-state index contributed by atoms with van der Waals surface area (Å²) in [5.41, 5.74) is 1.65. The fourth-order valence-corrected chi connectivity index (χ4v) is 2.46. The summed E-state index contributed by atoms with van der Waals surface area (Å²) >= 11 is 0. The van der Waals surface area contributed by atoms with Gasteiger partial charge in [-0.15, -0.1) is 0 Å². The minimum absolute atomic E-state index is 0.0664. The van der Waals surface area contributed by atoms with E-state index in [1.807, 2.05) is 31.2 Å². The number of anilines is 1. The molecule has 128 valence electrons. The molecule has 0 aliphatic heterocycles. The van der Waals surface area contributed by atoms with Gasteiger partial charge in [-0.25, -0.2) is 0 Å². The van der Waals surface area contributed by atoms with E-state index in [4.69, 9.17) is 14.2 Å². The molecule has 5 heteroatoms. The number of nitrogens with one attached hydrogen (secondary N) is 1. The van der Waals surface area contributed by atoms with Crippen molar-refractivity contribution in [3.05, 3.63) is 48.0 Å². The van der Waals surface area contributed by atoms with Crippen molar-refractivity contribution in [1.29, 1.82) is 0 Å². The van der Waals surface area contributed by atoms with Crippen LogP contribution in [0.1, 0.15) is 24.8 Å². The zero-order valence-electron chi connectivity index (χ0n) is 14.5. The molecule has 0 bridgehead atoms. The molecule has 0 radical (unpaired) electrons. The Morgan fingerprint density at radius 3 is 2.38 bits per heavy atom. The Hall–Kier alpha value is -2.69. The summed E-state index contributed by atoms with van der Waals surface area (Å²) < 4.78 is 15.7. The Bertz CT molecular complexity index is 700. The molecule has 0 fully saturated rings. The van der Waals surface area contributed by atoms with E-state index in [1.54, 1.807) is 39.5 Å². The second-order valence-corrected chi connectivity index (χ2v) is 5.50. The standard InChI is InChI=1S/C19H23NO4/c1-13(14-6-5-7-15(11-14)22-2)10-19(21)20-17-12-16(23-3)8-9-18(17)24-4/h5-9,11-13H,10H2,1-4H3,(H,20,21). The van der Waals surface area contributed by atoms with Gasteiger partial charge in [0.25, 0.3) is 0 Å². The number of ether oxygens (including phenoxy) is 3. The maximum atomic E-state index is 12.4. The predicted octanol–water partition coefficient (Wildman–Crippen LogP) is 3.84. The van der Waals surface area contributed by atoms with Gasteiger partial charge in [-0.05, 0) is 35.7 Å². The zero-order valence-corrected chi connectivity index (χ0v) is 14.5. The van der Waals surface area contributed by atoms with Crippen LogP contribution < -0.4 is 19.5 Å². The Labute approximate surface area is 142 Å². The van der Waals surface area contributed by atoms with Crippen LogP contribution in [0.25, 0.3) is 0 Å². The second kappa shape index (κ2) is 8.24. The normalized spacial score (nSPS) is 11.5. The second-order valence-electron chi connectivity index (χ2n) is 5.50. The number of rotatable bonds is 7. The molecule has 2 rings (SSSR count). The quantitative estimate of drug-likeness (QED) is 0.838. The first-order chi connectivity index (χ1) is 11.6. The van der Waals surface area contributed by atoms with E-state index >= 15 is 0 Å². The summed E-state index contributed by atoms with van der Waals surface area (Å²) in [6, 6.07) is 13.0. The molecule has 1 atom stereocenters. The molecule has 0 aromatic heterocycles. The van der Waals surface area contributed by atoms with Crippen molar-refractivity contribution in [2.75, 3.05) is 26.6 Å². The monoisotopic (exact) mass is 329 g/mol. The van der Waals surface area contributed by atoms with Gasteiger partial charge in [-0.1, -0.05) is 19.1 Å². The lowest BCUT2D eigenvalue weighted by Crippen LogP contribution is -2.15. The molecule has 0 aliphatic carbocycles. The highest BCUT2D eigenvalue weighted by Gasteiger charge is 2.14. The lowest BCUT2D eigenvalue weighted by atomic mass is 9.97. The number of carbonyl (C=O) groups excluding carboxylic acids is 1. The molecular weight excluding hydrogens is 306 g/mol. The molecule has 1 unspecified atom stereocenters. The molecule has 0 aliphatic rings. The first-order valence-electron chi connectivity index (χ1n) is 7.73. The van der Waals surface area contributed by atoms with Crippen LogP contribution in [0.15, 0.2) is 42.5 Å². The van der Waals surface area contributed by atoms with Crippen molar-refractivity contribution in [3.8, 4) is 17.2 Å². The molecule has 0 saturated carbocycles. The van der Waals surface area contributed by atoms with Crippen LogP contribution in [0.2, 0.25) is 0 Å². The number of hydrogen-bond acceptors (Lipinski definition) is 4. The average molecular weight is 329 g/mol. The van der Waals surface area contributed by atoms with Crippen molar-refractivity contribution >= 4 is 11.6 Å². The zero-order chi connectivity index (χ0) is 17.5. The number of hydrogen-bond donors (Lipinski definition) is 1. The van der Waals surface area contributed by atoms with Crippen LogP contribution in [0.3, 0.4) is 0 Å². The largest absolute Gasteiger partial charge is 0.497 e. The van der Waals surface area contributed by atoms with E-state index in [2.05, 4.69) is 5.32 Å². The summed E-state index contributed by atoms with van der Waals surface area (Å²) in [7, 11) is 4.78. The van der Waals surface area contributed by atoms with Gasteiger partial charge < -0.3 is 19.5 Å². The van der Waals surface area contributed by atoms with E-state index < -0.39 is 0 Å². The maximum absolute atomic E-state index is 12.4. The third kappa shape index (κ3) is 4.41. The minimum Gasteiger partial charge on any atom is -0.497 e. The third-order valence-electron chi connectivity index (χ3n) is 3.84. The van der Waals surface area contributed by atoms with Gasteiger partial charge in [0, 0.05) is 12.5 Å². The Balaban J connectivity index is 2.07. The average Bonchev–Trinajstić information content (AvgIpc) is 2.61. The van der Waals surface area contributed by atoms with Gasteiger partial charge in [0.2, 0.25) is 5.91 Å². The Morgan fingerprint density at radius 2 is 1.71 bits per heavy atom. The molecule has 1 N–H and O–H groups in total. The summed E-state index contributed by atoms with van der Waals surface area (Å²) in [5, 5.41) is 2.89. The highest BCUT2D eigenvalue weighted by molar-refractivity contribution is 5.93. The lowest BCUT2D eigenvalue weighted by molar-refractivity contribution is -0.116. The van der Waals surface area contributed by atoms with Crippen molar-refractivity contribution < 1.29 is 19.0 Å². The first-order valence-corrected chi connectivity index (χ1v) is 7.73. The maximum Gasteiger partial charge on any atom is 0.225 e. The smallest absolute Gasteiger partial charge is 0.225 e. The summed E-state index contributed by atoms with van der Waals surface area (Å²) in [4.78, 5) is 12.4. The molecule has 1 amide bonds. The molecule has 2 aromatic rings. The van der Waals surface area contributed by atoms with Crippen molar-refractivity contribution in [2.24, 2.45) is 0 Å². The van der Waals surface area contributed by atoms with E-state index in [0.717, 1.165) is 11.3 Å². The van der Waals surface area contributed by atoms with Gasteiger partial charge in [0.05, 0.1) is 27.0 Å². The van der Waals surface area contributed by atoms with Crippen LogP contribution in [0.4, 0.5) is 5.69 Å². The fourth-order valence-electron chi connectivity index (χ4n) is 2.46. The molecule has 2 aromatic carbocycles. The summed E-state index contributed by atoms with van der Waals surface area (Å²) in [6.45, 7) is 2.01. The SMILES string of the molecule is COc1cccc(C(C)CC(=O)Nc2cc(OC)ccc2OC)c1. The Morgan fingerprint density at radius 1 is 1.00 bits per heavy atom. The highest BCUT2D eigenvalue weighted by Crippen LogP contribution is 2.30. The van der Waals surface area contributed by atoms with Gasteiger partial charge in [-0.2, -0.15) is 0 Å². The van der Waals surface area contributed by atoms with Crippen molar-refractivity contribution in [2.45, 2.75) is 19.3 Å². The van der Waals surface area contributed by atoms with E-state index in [9.17, 15) is 4.79 Å².